The van der Waals surface area contributed by atoms with Crippen molar-refractivity contribution >= 4 is 11.8 Å². The van der Waals surface area contributed by atoms with Crippen LogP contribution in [0.1, 0.15) is 24.8 Å². The largest absolute Gasteiger partial charge is 0.419 e. The van der Waals surface area contributed by atoms with Gasteiger partial charge in [-0.25, -0.2) is 0 Å². The van der Waals surface area contributed by atoms with Crippen molar-refractivity contribution in [2.45, 2.75) is 36.5 Å². The van der Waals surface area contributed by atoms with Crippen molar-refractivity contribution in [1.82, 2.24) is 9.80 Å². The van der Waals surface area contributed by atoms with E-state index in [0.717, 1.165) is 12.7 Å². The summed E-state index contributed by atoms with van der Waals surface area (Å²) < 4.78 is 45.6. The van der Waals surface area contributed by atoms with Gasteiger partial charge in [0.2, 0.25) is 11.8 Å². The highest BCUT2D eigenvalue weighted by Gasteiger charge is 2.61. The highest BCUT2D eigenvalue weighted by molar-refractivity contribution is 5.90. The molecule has 2 aliphatic rings. The van der Waals surface area contributed by atoms with Crippen molar-refractivity contribution in [2.75, 3.05) is 33.3 Å². The van der Waals surface area contributed by atoms with Gasteiger partial charge in [0, 0.05) is 33.2 Å². The maximum absolute atomic E-state index is 13.6. The lowest BCUT2D eigenvalue weighted by Gasteiger charge is -2.43. The van der Waals surface area contributed by atoms with Gasteiger partial charge in [0.25, 0.3) is 0 Å². The fraction of sp³-hybridized carbons (Fsp3) is 0.524. The molecule has 1 aromatic carbocycles. The van der Waals surface area contributed by atoms with Crippen LogP contribution in [0.3, 0.4) is 0 Å². The summed E-state index contributed by atoms with van der Waals surface area (Å²) in [5.41, 5.74) is -2.54. The zero-order valence-electron chi connectivity index (χ0n) is 16.4. The lowest BCUT2D eigenvalue weighted by atomic mass is 9.71. The summed E-state index contributed by atoms with van der Waals surface area (Å²) >= 11 is 0. The number of halogens is 3. The number of nitrogens with zero attached hydrogens (tertiary/aromatic N) is 2. The molecule has 5 nitrogen and oxygen atoms in total. The number of piperidine rings is 1. The summed E-state index contributed by atoms with van der Waals surface area (Å²) in [4.78, 5) is 28.4. The van der Waals surface area contributed by atoms with E-state index in [-0.39, 0.29) is 24.8 Å². The number of likely N-dealkylation sites (tertiary alicyclic amines) is 2. The van der Waals surface area contributed by atoms with E-state index in [1.807, 2.05) is 30.3 Å². The Kier molecular flexibility index (Phi) is 5.76. The Labute approximate surface area is 168 Å². The van der Waals surface area contributed by atoms with E-state index >= 15 is 0 Å². The number of ether oxygens (including phenoxy) is 1. The first kappa shape index (κ1) is 21.4. The molecule has 0 N–H and O–H groups in total. The van der Waals surface area contributed by atoms with Crippen LogP contribution in [-0.4, -0.2) is 66.7 Å². The molecule has 8 heteroatoms. The summed E-state index contributed by atoms with van der Waals surface area (Å²) in [5, 5.41) is 0. The summed E-state index contributed by atoms with van der Waals surface area (Å²) in [6.45, 7) is 3.64. The van der Waals surface area contributed by atoms with E-state index in [9.17, 15) is 22.8 Å². The van der Waals surface area contributed by atoms with E-state index in [0.29, 0.717) is 25.9 Å². The molecule has 1 aromatic rings. The first-order valence-corrected chi connectivity index (χ1v) is 9.57. The van der Waals surface area contributed by atoms with Gasteiger partial charge in [-0.05, 0) is 24.5 Å². The average molecular weight is 410 g/mol. The number of benzene rings is 1. The van der Waals surface area contributed by atoms with Crippen LogP contribution in [0, 0.1) is 0 Å². The summed E-state index contributed by atoms with van der Waals surface area (Å²) in [6.07, 6.45) is -2.93. The van der Waals surface area contributed by atoms with Gasteiger partial charge in [-0.15, -0.1) is 0 Å². The van der Waals surface area contributed by atoms with Crippen molar-refractivity contribution in [3.05, 3.63) is 48.6 Å². The minimum atomic E-state index is -4.56. The summed E-state index contributed by atoms with van der Waals surface area (Å²) in [7, 11) is 1.04. The molecule has 158 valence electrons. The second-order valence-electron chi connectivity index (χ2n) is 7.65. The van der Waals surface area contributed by atoms with Crippen LogP contribution >= 0.6 is 0 Å². The van der Waals surface area contributed by atoms with Gasteiger partial charge in [-0.2, -0.15) is 13.2 Å². The highest BCUT2D eigenvalue weighted by atomic mass is 19.4. The number of methoxy groups -OCH3 is 1. The van der Waals surface area contributed by atoms with E-state index in [4.69, 9.17) is 4.74 Å². The smallest absolute Gasteiger partial charge is 0.367 e. The molecule has 0 spiro atoms. The molecule has 2 heterocycles. The molecule has 0 bridgehead atoms. The third kappa shape index (κ3) is 3.66. The number of hydrogen-bond acceptors (Lipinski definition) is 3. The van der Waals surface area contributed by atoms with Crippen molar-refractivity contribution in [3.63, 3.8) is 0 Å². The van der Waals surface area contributed by atoms with Crippen molar-refractivity contribution < 1.29 is 27.5 Å². The van der Waals surface area contributed by atoms with Gasteiger partial charge in [-0.3, -0.25) is 9.59 Å². The van der Waals surface area contributed by atoms with Crippen molar-refractivity contribution in [2.24, 2.45) is 0 Å². The molecule has 2 saturated heterocycles. The summed E-state index contributed by atoms with van der Waals surface area (Å²) in [6, 6.07) is 9.10. The third-order valence-electron chi connectivity index (χ3n) is 6.27. The fourth-order valence-corrected chi connectivity index (χ4v) is 4.39. The van der Waals surface area contributed by atoms with Crippen LogP contribution < -0.4 is 0 Å². The standard InChI is InChI=1S/C21H25F3N2O3/c1-3-17(27)25-12-9-19(10-13-25,16-7-5-4-6-8-16)18(28)26-14-11-20(15-26,29-2)21(22,23)24/h3-8H,1,9-15H2,2H3. The van der Waals surface area contributed by atoms with Gasteiger partial charge in [0.05, 0.1) is 12.0 Å². The maximum Gasteiger partial charge on any atom is 0.419 e. The Hall–Kier alpha value is -2.35. The Balaban J connectivity index is 1.90. The van der Waals surface area contributed by atoms with E-state index in [2.05, 4.69) is 6.58 Å². The molecular weight excluding hydrogens is 385 g/mol. The Morgan fingerprint density at radius 3 is 2.14 bits per heavy atom. The quantitative estimate of drug-likeness (QED) is 0.718. The second kappa shape index (κ2) is 7.82. The number of amides is 2. The van der Waals surface area contributed by atoms with Crippen LogP contribution in [0.25, 0.3) is 0 Å². The molecule has 0 saturated carbocycles. The molecule has 0 aromatic heterocycles. The SMILES string of the molecule is C=CC(=O)N1CCC(C(=O)N2CCC(OC)(C(F)(F)F)C2)(c2ccccc2)CC1. The van der Waals surface area contributed by atoms with Crippen LogP contribution in [0.2, 0.25) is 0 Å². The Morgan fingerprint density at radius 2 is 1.66 bits per heavy atom. The number of hydrogen-bond donors (Lipinski definition) is 0. The lowest BCUT2D eigenvalue weighted by molar-refractivity contribution is -0.263. The molecule has 1 unspecified atom stereocenters. The second-order valence-corrected chi connectivity index (χ2v) is 7.65. The predicted octanol–water partition coefficient (Wildman–Crippen LogP) is 2.91. The maximum atomic E-state index is 13.6. The topological polar surface area (TPSA) is 49.9 Å². The molecule has 2 fully saturated rings. The monoisotopic (exact) mass is 410 g/mol. The zero-order valence-corrected chi connectivity index (χ0v) is 16.4. The van der Waals surface area contributed by atoms with Gasteiger partial charge < -0.3 is 14.5 Å². The van der Waals surface area contributed by atoms with Crippen LogP contribution in [0.5, 0.6) is 0 Å². The number of alkyl halides is 3. The van der Waals surface area contributed by atoms with E-state index in [1.165, 1.54) is 11.0 Å². The first-order chi connectivity index (χ1) is 13.7. The lowest BCUT2D eigenvalue weighted by Crippen LogP contribution is -2.55. The minimum absolute atomic E-state index is 0.0178. The average Bonchev–Trinajstić information content (AvgIpc) is 3.19. The predicted molar refractivity (Wildman–Crippen MR) is 101 cm³/mol. The van der Waals surface area contributed by atoms with Gasteiger partial charge in [0.15, 0.2) is 5.60 Å². The highest BCUT2D eigenvalue weighted by Crippen LogP contribution is 2.44. The number of carbonyl (C=O) groups is 2. The first-order valence-electron chi connectivity index (χ1n) is 9.57. The van der Waals surface area contributed by atoms with Gasteiger partial charge in [-0.1, -0.05) is 36.9 Å². The molecule has 29 heavy (non-hydrogen) atoms. The van der Waals surface area contributed by atoms with Gasteiger partial charge >= 0.3 is 6.18 Å². The Bertz CT molecular complexity index is 773. The van der Waals surface area contributed by atoms with Crippen LogP contribution in [0.4, 0.5) is 13.2 Å². The van der Waals surface area contributed by atoms with Gasteiger partial charge in [0.1, 0.15) is 0 Å². The molecule has 1 atom stereocenters. The molecule has 0 radical (unpaired) electrons. The molecule has 2 amide bonds. The van der Waals surface area contributed by atoms with E-state index in [1.54, 1.807) is 4.90 Å². The van der Waals surface area contributed by atoms with Crippen molar-refractivity contribution in [3.8, 4) is 0 Å². The third-order valence-corrected chi connectivity index (χ3v) is 6.27. The number of rotatable bonds is 4. The molecular formula is C21H25F3N2O3. The number of carbonyl (C=O) groups excluding carboxylic acids is 2. The molecule has 2 aliphatic heterocycles. The zero-order chi connectivity index (χ0) is 21.3. The molecule has 0 aliphatic carbocycles. The Morgan fingerprint density at radius 1 is 1.07 bits per heavy atom. The van der Waals surface area contributed by atoms with Crippen molar-refractivity contribution in [1.29, 1.82) is 0 Å². The fourth-order valence-electron chi connectivity index (χ4n) is 4.39. The minimum Gasteiger partial charge on any atom is -0.367 e. The van der Waals surface area contributed by atoms with Crippen LogP contribution in [0.15, 0.2) is 43.0 Å². The van der Waals surface area contributed by atoms with Crippen LogP contribution in [-0.2, 0) is 19.7 Å². The van der Waals surface area contributed by atoms with E-state index < -0.39 is 23.7 Å². The molecule has 3 rings (SSSR count). The normalized spacial score (nSPS) is 24.4. The summed E-state index contributed by atoms with van der Waals surface area (Å²) in [5.74, 6) is -0.548.